The molecule has 1 N–H and O–H groups in total. The van der Waals surface area contributed by atoms with E-state index in [0.717, 1.165) is 6.54 Å². The predicted molar refractivity (Wildman–Crippen MR) is 43.0 cm³/mol. The highest BCUT2D eigenvalue weighted by molar-refractivity contribution is 7.06. The fourth-order valence-electron chi connectivity index (χ4n) is 0.841. The fraction of sp³-hybridized carbons (Fsp3) is 0.571. The normalized spacial score (nSPS) is 10.7. The monoisotopic (exact) mass is 156 g/mol. The van der Waals surface area contributed by atoms with Crippen molar-refractivity contribution in [2.24, 2.45) is 5.92 Å². The molecule has 0 atom stereocenters. The van der Waals surface area contributed by atoms with Crippen molar-refractivity contribution < 1.29 is 0 Å². The van der Waals surface area contributed by atoms with Crippen LogP contribution in [0.4, 0.5) is 0 Å². The Hall–Kier alpha value is -0.570. The van der Waals surface area contributed by atoms with E-state index in [2.05, 4.69) is 13.8 Å². The van der Waals surface area contributed by atoms with Gasteiger partial charge in [0.15, 0.2) is 4.80 Å². The average molecular weight is 156 g/mol. The minimum Gasteiger partial charge on any atom is -0.324 e. The van der Waals surface area contributed by atoms with Gasteiger partial charge >= 0.3 is 0 Å². The van der Waals surface area contributed by atoms with E-state index in [9.17, 15) is 0 Å². The molecule has 0 bridgehead atoms. The molecule has 0 unspecified atom stereocenters. The van der Waals surface area contributed by atoms with Crippen LogP contribution in [-0.4, -0.2) is 4.57 Å². The lowest BCUT2D eigenvalue weighted by Gasteiger charge is -2.03. The van der Waals surface area contributed by atoms with Gasteiger partial charge in [-0.05, 0) is 5.92 Å². The maximum atomic E-state index is 7.43. The summed E-state index contributed by atoms with van der Waals surface area (Å²) in [6.07, 6.45) is 1.97. The summed E-state index contributed by atoms with van der Waals surface area (Å²) in [5.41, 5.74) is 0. The zero-order chi connectivity index (χ0) is 7.56. The molecule has 1 aromatic rings. The van der Waals surface area contributed by atoms with E-state index in [0.29, 0.717) is 10.7 Å². The van der Waals surface area contributed by atoms with Gasteiger partial charge in [0.05, 0.1) is 0 Å². The molecule has 0 spiro atoms. The van der Waals surface area contributed by atoms with E-state index >= 15 is 0 Å². The van der Waals surface area contributed by atoms with Crippen LogP contribution in [-0.2, 0) is 6.54 Å². The summed E-state index contributed by atoms with van der Waals surface area (Å²) in [7, 11) is 0. The number of aromatic nitrogens is 1. The molecule has 0 aromatic carbocycles. The number of hydrogen-bond donors (Lipinski definition) is 1. The van der Waals surface area contributed by atoms with Crippen LogP contribution in [0.15, 0.2) is 11.6 Å². The summed E-state index contributed by atoms with van der Waals surface area (Å²) in [4.78, 5) is 0.647. The van der Waals surface area contributed by atoms with E-state index in [1.54, 1.807) is 0 Å². The molecular weight excluding hydrogens is 144 g/mol. The average Bonchev–Trinajstić information content (AvgIpc) is 2.15. The zero-order valence-electron chi connectivity index (χ0n) is 6.29. The summed E-state index contributed by atoms with van der Waals surface area (Å²) in [6, 6.07) is 0. The van der Waals surface area contributed by atoms with E-state index in [-0.39, 0.29) is 0 Å². The summed E-state index contributed by atoms with van der Waals surface area (Å²) in [5, 5.41) is 9.37. The van der Waals surface area contributed by atoms with Gasteiger partial charge in [-0.15, -0.1) is 11.3 Å². The van der Waals surface area contributed by atoms with Gasteiger partial charge in [0.25, 0.3) is 0 Å². The molecule has 0 aliphatic rings. The van der Waals surface area contributed by atoms with Gasteiger partial charge < -0.3 is 4.57 Å². The second-order valence-corrected chi connectivity index (χ2v) is 3.65. The Morgan fingerprint density at radius 3 is 2.80 bits per heavy atom. The highest BCUT2D eigenvalue weighted by Gasteiger charge is 1.95. The molecule has 1 aromatic heterocycles. The molecule has 0 fully saturated rings. The van der Waals surface area contributed by atoms with Crippen LogP contribution in [0.1, 0.15) is 13.8 Å². The van der Waals surface area contributed by atoms with Crippen molar-refractivity contribution in [1.29, 1.82) is 5.41 Å². The third kappa shape index (κ3) is 1.70. The Labute approximate surface area is 64.6 Å². The number of nitrogens with one attached hydrogen (secondary N) is 1. The molecule has 0 aliphatic heterocycles. The Morgan fingerprint density at radius 2 is 2.40 bits per heavy atom. The van der Waals surface area contributed by atoms with E-state index < -0.39 is 0 Å². The molecule has 0 saturated heterocycles. The summed E-state index contributed by atoms with van der Waals surface area (Å²) >= 11 is 1.48. The lowest BCUT2D eigenvalue weighted by Crippen LogP contribution is -2.15. The van der Waals surface area contributed by atoms with E-state index in [1.807, 2.05) is 16.1 Å². The first kappa shape index (κ1) is 7.54. The summed E-state index contributed by atoms with van der Waals surface area (Å²) in [5.74, 6) is 0.628. The molecule has 0 aliphatic carbocycles. The third-order valence-electron chi connectivity index (χ3n) is 1.24. The van der Waals surface area contributed by atoms with Gasteiger partial charge in [0.2, 0.25) is 0 Å². The van der Waals surface area contributed by atoms with Crippen LogP contribution in [0.25, 0.3) is 0 Å². The SMILES string of the molecule is CC(C)Cn1ccsc1=N. The van der Waals surface area contributed by atoms with E-state index in [4.69, 9.17) is 5.41 Å². The van der Waals surface area contributed by atoms with Gasteiger partial charge in [-0.25, -0.2) is 0 Å². The van der Waals surface area contributed by atoms with Crippen LogP contribution in [0.2, 0.25) is 0 Å². The minimum absolute atomic E-state index is 0.628. The van der Waals surface area contributed by atoms with Gasteiger partial charge in [0, 0.05) is 18.1 Å². The zero-order valence-corrected chi connectivity index (χ0v) is 7.11. The molecule has 0 saturated carbocycles. The second-order valence-electron chi connectivity index (χ2n) is 2.75. The van der Waals surface area contributed by atoms with Crippen molar-refractivity contribution in [3.63, 3.8) is 0 Å². The number of thiazole rings is 1. The van der Waals surface area contributed by atoms with Gasteiger partial charge in [-0.3, -0.25) is 5.41 Å². The maximum Gasteiger partial charge on any atom is 0.181 e. The third-order valence-corrected chi connectivity index (χ3v) is 1.96. The molecule has 0 amide bonds. The molecule has 1 rings (SSSR count). The first-order chi connectivity index (χ1) is 4.70. The van der Waals surface area contributed by atoms with Crippen LogP contribution < -0.4 is 4.80 Å². The minimum atomic E-state index is 0.628. The lowest BCUT2D eigenvalue weighted by molar-refractivity contribution is 0.512. The maximum absolute atomic E-state index is 7.43. The summed E-state index contributed by atoms with van der Waals surface area (Å²) < 4.78 is 1.97. The first-order valence-electron chi connectivity index (χ1n) is 3.38. The Morgan fingerprint density at radius 1 is 1.70 bits per heavy atom. The smallest absolute Gasteiger partial charge is 0.181 e. The number of nitrogens with zero attached hydrogens (tertiary/aromatic N) is 1. The molecule has 1 heterocycles. The Balaban J connectivity index is 2.75. The van der Waals surface area contributed by atoms with Crippen LogP contribution in [0.3, 0.4) is 0 Å². The van der Waals surface area contributed by atoms with Gasteiger partial charge in [-0.2, -0.15) is 0 Å². The van der Waals surface area contributed by atoms with Crippen molar-refractivity contribution in [3.8, 4) is 0 Å². The van der Waals surface area contributed by atoms with Crippen molar-refractivity contribution in [2.75, 3.05) is 0 Å². The largest absolute Gasteiger partial charge is 0.324 e. The Bertz CT molecular complexity index is 246. The number of hydrogen-bond acceptors (Lipinski definition) is 2. The lowest BCUT2D eigenvalue weighted by atomic mass is 10.2. The van der Waals surface area contributed by atoms with Gasteiger partial charge in [-0.1, -0.05) is 13.8 Å². The highest BCUT2D eigenvalue weighted by atomic mass is 32.1. The highest BCUT2D eigenvalue weighted by Crippen LogP contribution is 1.97. The van der Waals surface area contributed by atoms with Crippen LogP contribution >= 0.6 is 11.3 Å². The van der Waals surface area contributed by atoms with E-state index in [1.165, 1.54) is 11.3 Å². The van der Waals surface area contributed by atoms with Crippen LogP contribution in [0, 0.1) is 11.3 Å². The molecule has 3 heteroatoms. The Kier molecular flexibility index (Phi) is 2.27. The predicted octanol–water partition coefficient (Wildman–Crippen LogP) is 1.69. The molecular formula is C7H12N2S. The summed E-state index contributed by atoms with van der Waals surface area (Å²) in [6.45, 7) is 5.27. The molecule has 56 valence electrons. The topological polar surface area (TPSA) is 28.8 Å². The van der Waals surface area contributed by atoms with Gasteiger partial charge in [0.1, 0.15) is 0 Å². The standard InChI is InChI=1S/C7H12N2S/c1-6(2)5-9-3-4-10-7(9)8/h3-4,6,8H,5H2,1-2H3. The fourth-order valence-corrected chi connectivity index (χ4v) is 1.45. The number of rotatable bonds is 2. The molecule has 2 nitrogen and oxygen atoms in total. The second kappa shape index (κ2) is 3.01. The quantitative estimate of drug-likeness (QED) is 0.675. The first-order valence-corrected chi connectivity index (χ1v) is 4.26. The van der Waals surface area contributed by atoms with Crippen molar-refractivity contribution >= 4 is 11.3 Å². The van der Waals surface area contributed by atoms with Crippen molar-refractivity contribution in [3.05, 3.63) is 16.4 Å². The molecule has 0 radical (unpaired) electrons. The van der Waals surface area contributed by atoms with Crippen LogP contribution in [0.5, 0.6) is 0 Å². The van der Waals surface area contributed by atoms with Crippen molar-refractivity contribution in [1.82, 2.24) is 4.57 Å². The molecule has 10 heavy (non-hydrogen) atoms. The van der Waals surface area contributed by atoms with Crippen molar-refractivity contribution in [2.45, 2.75) is 20.4 Å².